The summed E-state index contributed by atoms with van der Waals surface area (Å²) in [5.74, 6) is 0. The van der Waals surface area contributed by atoms with E-state index in [0.717, 1.165) is 13.1 Å². The first-order valence-electron chi connectivity index (χ1n) is 12.3. The number of likely N-dealkylation sites (N-methyl/N-ethyl adjacent to an activating group) is 1. The van der Waals surface area contributed by atoms with Crippen LogP contribution in [0.25, 0.3) is 0 Å². The molecule has 1 atom stereocenters. The topological polar surface area (TPSA) is 44.3 Å². The van der Waals surface area contributed by atoms with Crippen molar-refractivity contribution in [3.8, 4) is 0 Å². The van der Waals surface area contributed by atoms with Gasteiger partial charge in [0, 0.05) is 12.6 Å². The van der Waals surface area contributed by atoms with E-state index in [1.54, 1.807) is 0 Å². The zero-order chi connectivity index (χ0) is 19.8. The van der Waals surface area contributed by atoms with Crippen molar-refractivity contribution in [3.05, 3.63) is 0 Å². The Kier molecular flexibility index (Phi) is 23.8. The molecule has 0 aliphatic carbocycles. The van der Waals surface area contributed by atoms with E-state index in [4.69, 9.17) is 5.11 Å². The summed E-state index contributed by atoms with van der Waals surface area (Å²) in [6.45, 7) is 4.45. The number of hydrogen-bond acceptors (Lipinski definition) is 3. The van der Waals surface area contributed by atoms with Crippen LogP contribution in [0.4, 0.5) is 0 Å². The first-order valence-corrected chi connectivity index (χ1v) is 12.3. The molecule has 0 unspecified atom stereocenters. The lowest BCUT2D eigenvalue weighted by Crippen LogP contribution is -2.39. The van der Waals surface area contributed by atoms with E-state index in [2.05, 4.69) is 17.6 Å². The van der Waals surface area contributed by atoms with Crippen LogP contribution in [0.2, 0.25) is 0 Å². The van der Waals surface area contributed by atoms with E-state index in [0.29, 0.717) is 0 Å². The van der Waals surface area contributed by atoms with Gasteiger partial charge in [-0.1, -0.05) is 116 Å². The third-order valence-corrected chi connectivity index (χ3v) is 5.73. The summed E-state index contributed by atoms with van der Waals surface area (Å²) in [5.41, 5.74) is 0. The molecule has 27 heavy (non-hydrogen) atoms. The summed E-state index contributed by atoms with van der Waals surface area (Å²) in [4.78, 5) is 0. The zero-order valence-corrected chi connectivity index (χ0v) is 18.9. The molecule has 0 aliphatic rings. The van der Waals surface area contributed by atoms with Crippen molar-refractivity contribution in [1.29, 1.82) is 0 Å². The Balaban J connectivity index is 3.03. The van der Waals surface area contributed by atoms with Crippen LogP contribution in [0.3, 0.4) is 0 Å². The standard InChI is InChI=1S/C24H52N2O/c1-3-4-5-6-7-8-9-10-11-12-13-14-15-16-17-18-19-20-21-26-22-24(23-27)25-2/h24-27H,3-23H2,1-2H3/t24-/m1/s1. The van der Waals surface area contributed by atoms with Crippen molar-refractivity contribution in [3.63, 3.8) is 0 Å². The molecule has 0 aromatic carbocycles. The molecular formula is C24H52N2O. The lowest BCUT2D eigenvalue weighted by Gasteiger charge is -2.13. The predicted molar refractivity (Wildman–Crippen MR) is 122 cm³/mol. The van der Waals surface area contributed by atoms with Gasteiger partial charge in [-0.3, -0.25) is 0 Å². The highest BCUT2D eigenvalue weighted by Crippen LogP contribution is 2.14. The highest BCUT2D eigenvalue weighted by atomic mass is 16.3. The quantitative estimate of drug-likeness (QED) is 0.184. The molecule has 3 nitrogen and oxygen atoms in total. The SMILES string of the molecule is CCCCCCCCCCCCCCCCCCCCNC[C@H](CO)NC. The van der Waals surface area contributed by atoms with Crippen molar-refractivity contribution in [2.45, 2.75) is 129 Å². The van der Waals surface area contributed by atoms with Gasteiger partial charge in [-0.25, -0.2) is 0 Å². The van der Waals surface area contributed by atoms with Gasteiger partial charge in [0.2, 0.25) is 0 Å². The third kappa shape index (κ3) is 22.0. The molecule has 3 N–H and O–H groups in total. The molecule has 0 heterocycles. The van der Waals surface area contributed by atoms with Crippen LogP contribution in [0.1, 0.15) is 122 Å². The predicted octanol–water partition coefficient (Wildman–Crippen LogP) is 6.20. The van der Waals surface area contributed by atoms with Gasteiger partial charge in [0.25, 0.3) is 0 Å². The average Bonchev–Trinajstić information content (AvgIpc) is 2.69. The minimum Gasteiger partial charge on any atom is -0.395 e. The molecule has 3 heteroatoms. The summed E-state index contributed by atoms with van der Waals surface area (Å²) in [7, 11) is 1.90. The maximum Gasteiger partial charge on any atom is 0.0596 e. The molecule has 0 aliphatic heterocycles. The number of aliphatic hydroxyl groups is 1. The maximum atomic E-state index is 9.08. The number of aliphatic hydroxyl groups excluding tert-OH is 1. The lowest BCUT2D eigenvalue weighted by atomic mass is 10.0. The molecule has 0 aromatic rings. The second-order valence-electron chi connectivity index (χ2n) is 8.38. The first kappa shape index (κ1) is 26.9. The van der Waals surface area contributed by atoms with Gasteiger partial charge >= 0.3 is 0 Å². The first-order chi connectivity index (χ1) is 13.3. The van der Waals surface area contributed by atoms with Crippen LogP contribution in [-0.2, 0) is 0 Å². The highest BCUT2D eigenvalue weighted by Gasteiger charge is 2.01. The van der Waals surface area contributed by atoms with Crippen molar-refractivity contribution >= 4 is 0 Å². The Morgan fingerprint density at radius 1 is 0.593 bits per heavy atom. The van der Waals surface area contributed by atoms with Crippen molar-refractivity contribution in [2.24, 2.45) is 0 Å². The smallest absolute Gasteiger partial charge is 0.0596 e. The molecule has 164 valence electrons. The summed E-state index contributed by atoms with van der Waals surface area (Å²) in [6.07, 6.45) is 25.7. The van der Waals surface area contributed by atoms with Crippen LogP contribution in [0, 0.1) is 0 Å². The highest BCUT2D eigenvalue weighted by molar-refractivity contribution is 4.65. The maximum absolute atomic E-state index is 9.08. The fourth-order valence-corrected chi connectivity index (χ4v) is 3.69. The minimum absolute atomic E-state index is 0.195. The van der Waals surface area contributed by atoms with Gasteiger partial charge in [0.15, 0.2) is 0 Å². The number of hydrogen-bond donors (Lipinski definition) is 3. The Hall–Kier alpha value is -0.120. The van der Waals surface area contributed by atoms with Gasteiger partial charge in [-0.2, -0.15) is 0 Å². The molecule has 0 fully saturated rings. The van der Waals surface area contributed by atoms with Gasteiger partial charge in [0.05, 0.1) is 6.61 Å². The van der Waals surface area contributed by atoms with Crippen LogP contribution in [0.15, 0.2) is 0 Å². The molecule has 0 saturated heterocycles. The van der Waals surface area contributed by atoms with Crippen LogP contribution >= 0.6 is 0 Å². The fraction of sp³-hybridized carbons (Fsp3) is 1.00. The molecular weight excluding hydrogens is 332 g/mol. The summed E-state index contributed by atoms with van der Waals surface area (Å²) in [5, 5.41) is 15.6. The minimum atomic E-state index is 0.195. The van der Waals surface area contributed by atoms with Crippen LogP contribution < -0.4 is 10.6 Å². The van der Waals surface area contributed by atoms with E-state index in [-0.39, 0.29) is 12.6 Å². The molecule has 0 saturated carbocycles. The van der Waals surface area contributed by atoms with E-state index < -0.39 is 0 Å². The van der Waals surface area contributed by atoms with Crippen molar-refractivity contribution in [1.82, 2.24) is 10.6 Å². The normalized spacial score (nSPS) is 12.6. The third-order valence-electron chi connectivity index (χ3n) is 5.73. The second kappa shape index (κ2) is 23.9. The molecule has 0 aromatic heterocycles. The van der Waals surface area contributed by atoms with E-state index in [1.807, 2.05) is 7.05 Å². The molecule has 0 rings (SSSR count). The monoisotopic (exact) mass is 384 g/mol. The van der Waals surface area contributed by atoms with E-state index in [9.17, 15) is 0 Å². The second-order valence-corrected chi connectivity index (χ2v) is 8.38. The van der Waals surface area contributed by atoms with Gasteiger partial charge < -0.3 is 15.7 Å². The lowest BCUT2D eigenvalue weighted by molar-refractivity contribution is 0.245. The van der Waals surface area contributed by atoms with Gasteiger partial charge in [-0.05, 0) is 20.0 Å². The number of nitrogens with one attached hydrogen (secondary N) is 2. The number of unbranched alkanes of at least 4 members (excludes halogenated alkanes) is 17. The van der Waals surface area contributed by atoms with Gasteiger partial charge in [0.1, 0.15) is 0 Å². The van der Waals surface area contributed by atoms with Crippen molar-refractivity contribution in [2.75, 3.05) is 26.7 Å². The fourth-order valence-electron chi connectivity index (χ4n) is 3.69. The Morgan fingerprint density at radius 3 is 1.30 bits per heavy atom. The summed E-state index contributed by atoms with van der Waals surface area (Å²) < 4.78 is 0. The molecule has 0 radical (unpaired) electrons. The zero-order valence-electron chi connectivity index (χ0n) is 18.9. The largest absolute Gasteiger partial charge is 0.395 e. The van der Waals surface area contributed by atoms with Crippen LogP contribution in [0.5, 0.6) is 0 Å². The summed E-state index contributed by atoms with van der Waals surface area (Å²) in [6, 6.07) is 0.195. The van der Waals surface area contributed by atoms with E-state index in [1.165, 1.54) is 116 Å². The molecule has 0 amide bonds. The van der Waals surface area contributed by atoms with Crippen molar-refractivity contribution < 1.29 is 5.11 Å². The Bertz CT molecular complexity index is 257. The molecule has 0 spiro atoms. The van der Waals surface area contributed by atoms with E-state index >= 15 is 0 Å². The van der Waals surface area contributed by atoms with Gasteiger partial charge in [-0.15, -0.1) is 0 Å². The molecule has 0 bridgehead atoms. The Morgan fingerprint density at radius 2 is 0.963 bits per heavy atom. The average molecular weight is 385 g/mol. The Labute approximate surface area is 171 Å². The summed E-state index contributed by atoms with van der Waals surface area (Å²) >= 11 is 0. The van der Waals surface area contributed by atoms with Crippen LogP contribution in [-0.4, -0.2) is 37.9 Å². The number of rotatable bonds is 23.